The molecule has 120 valence electrons. The number of hydrogen-bond donors (Lipinski definition) is 1. The summed E-state index contributed by atoms with van der Waals surface area (Å²) in [5.41, 5.74) is 2.05. The average Bonchev–Trinajstić information content (AvgIpc) is 2.45. The summed E-state index contributed by atoms with van der Waals surface area (Å²) in [6, 6.07) is 7.86. The summed E-state index contributed by atoms with van der Waals surface area (Å²) in [5.74, 6) is 0. The summed E-state index contributed by atoms with van der Waals surface area (Å²) in [5, 5.41) is 0. The molecule has 0 aliphatic carbocycles. The predicted octanol–water partition coefficient (Wildman–Crippen LogP) is 2.21. The van der Waals surface area contributed by atoms with Crippen LogP contribution in [0.3, 0.4) is 0 Å². The highest BCUT2D eigenvalue weighted by Crippen LogP contribution is 2.12. The van der Waals surface area contributed by atoms with Crippen molar-refractivity contribution in [2.24, 2.45) is 0 Å². The molecule has 1 aromatic carbocycles. The van der Waals surface area contributed by atoms with Gasteiger partial charge in [-0.1, -0.05) is 26.0 Å². The first-order valence-corrected chi connectivity index (χ1v) is 8.85. The van der Waals surface area contributed by atoms with Crippen molar-refractivity contribution in [3.8, 4) is 0 Å². The molecular weight excluding hydrogens is 286 g/mol. The minimum atomic E-state index is -3.40. The van der Waals surface area contributed by atoms with E-state index in [-0.39, 0.29) is 0 Å². The third kappa shape index (κ3) is 5.65. The second-order valence-electron chi connectivity index (χ2n) is 5.29. The van der Waals surface area contributed by atoms with E-state index in [9.17, 15) is 8.42 Å². The third-order valence-corrected chi connectivity index (χ3v) is 4.75. The first-order valence-electron chi connectivity index (χ1n) is 7.41. The molecule has 0 atom stereocenters. The van der Waals surface area contributed by atoms with Gasteiger partial charge in [-0.2, -0.15) is 17.4 Å². The smallest absolute Gasteiger partial charge is 0.279 e. The van der Waals surface area contributed by atoms with Gasteiger partial charge in [-0.15, -0.1) is 0 Å². The van der Waals surface area contributed by atoms with Gasteiger partial charge in [-0.3, -0.25) is 0 Å². The van der Waals surface area contributed by atoms with Gasteiger partial charge < -0.3 is 4.90 Å². The van der Waals surface area contributed by atoms with Crippen LogP contribution in [0.15, 0.2) is 24.3 Å². The van der Waals surface area contributed by atoms with Crippen LogP contribution in [0.4, 0.5) is 5.69 Å². The highest BCUT2D eigenvalue weighted by atomic mass is 32.2. The first kappa shape index (κ1) is 17.9. The van der Waals surface area contributed by atoms with Crippen molar-refractivity contribution >= 4 is 15.9 Å². The minimum absolute atomic E-state index is 0.319. The molecule has 0 unspecified atom stereocenters. The van der Waals surface area contributed by atoms with Crippen LogP contribution in [0.2, 0.25) is 0 Å². The Kier molecular flexibility index (Phi) is 7.14. The van der Waals surface area contributed by atoms with Gasteiger partial charge in [-0.05, 0) is 30.5 Å². The normalized spacial score (nSPS) is 11.9. The molecule has 0 heterocycles. The lowest BCUT2D eigenvalue weighted by molar-refractivity contribution is 0.401. The zero-order chi connectivity index (χ0) is 15.9. The van der Waals surface area contributed by atoms with E-state index in [2.05, 4.69) is 4.72 Å². The molecule has 0 saturated carbocycles. The predicted molar refractivity (Wildman–Crippen MR) is 88.7 cm³/mol. The highest BCUT2D eigenvalue weighted by Gasteiger charge is 2.19. The standard InChI is InChI=1S/C15H27N3O2S/c1-5-11-18(12-6-2)21(19,20)16-13-14-7-9-15(10-8-14)17(3)4/h7-10,16H,5-6,11-13H2,1-4H3. The van der Waals surface area contributed by atoms with E-state index in [4.69, 9.17) is 0 Å². The Morgan fingerprint density at radius 1 is 1.00 bits per heavy atom. The van der Waals surface area contributed by atoms with E-state index < -0.39 is 10.2 Å². The topological polar surface area (TPSA) is 52.7 Å². The first-order chi connectivity index (χ1) is 9.90. The molecule has 0 radical (unpaired) electrons. The summed E-state index contributed by atoms with van der Waals surface area (Å²) < 4.78 is 28.7. The molecule has 5 nitrogen and oxygen atoms in total. The molecule has 0 saturated heterocycles. The summed E-state index contributed by atoms with van der Waals surface area (Å²) >= 11 is 0. The van der Waals surface area contributed by atoms with E-state index in [1.165, 1.54) is 4.31 Å². The summed E-state index contributed by atoms with van der Waals surface area (Å²) in [6.07, 6.45) is 1.64. The molecule has 0 aromatic heterocycles. The Labute approximate surface area is 129 Å². The summed E-state index contributed by atoms with van der Waals surface area (Å²) in [4.78, 5) is 2.01. The number of anilines is 1. The fourth-order valence-electron chi connectivity index (χ4n) is 2.03. The third-order valence-electron chi connectivity index (χ3n) is 3.20. The molecule has 0 aliphatic rings. The van der Waals surface area contributed by atoms with Crippen LogP contribution in [-0.2, 0) is 16.8 Å². The quantitative estimate of drug-likeness (QED) is 0.760. The zero-order valence-electron chi connectivity index (χ0n) is 13.5. The molecule has 1 N–H and O–H groups in total. The average molecular weight is 313 g/mol. The maximum Gasteiger partial charge on any atom is 0.279 e. The van der Waals surface area contributed by atoms with Crippen LogP contribution in [0.1, 0.15) is 32.3 Å². The Bertz CT molecular complexity index is 506. The van der Waals surface area contributed by atoms with Crippen molar-refractivity contribution in [2.45, 2.75) is 33.2 Å². The molecule has 0 amide bonds. The zero-order valence-corrected chi connectivity index (χ0v) is 14.3. The molecule has 0 bridgehead atoms. The van der Waals surface area contributed by atoms with Gasteiger partial charge in [-0.25, -0.2) is 0 Å². The van der Waals surface area contributed by atoms with Crippen molar-refractivity contribution in [3.05, 3.63) is 29.8 Å². The van der Waals surface area contributed by atoms with Crippen LogP contribution < -0.4 is 9.62 Å². The van der Waals surface area contributed by atoms with Gasteiger partial charge in [0.05, 0.1) is 0 Å². The summed E-state index contributed by atoms with van der Waals surface area (Å²) in [6.45, 7) is 5.40. The van der Waals surface area contributed by atoms with Gasteiger partial charge in [0, 0.05) is 39.4 Å². The van der Waals surface area contributed by atoms with Crippen LogP contribution in [-0.4, -0.2) is 39.9 Å². The lowest BCUT2D eigenvalue weighted by Crippen LogP contribution is -2.41. The van der Waals surface area contributed by atoms with Crippen molar-refractivity contribution < 1.29 is 8.42 Å². The van der Waals surface area contributed by atoms with Crippen molar-refractivity contribution in [2.75, 3.05) is 32.1 Å². The fraction of sp³-hybridized carbons (Fsp3) is 0.600. The van der Waals surface area contributed by atoms with Crippen LogP contribution in [0.25, 0.3) is 0 Å². The molecule has 6 heteroatoms. The maximum absolute atomic E-state index is 12.3. The second-order valence-corrected chi connectivity index (χ2v) is 7.04. The van der Waals surface area contributed by atoms with Crippen LogP contribution >= 0.6 is 0 Å². The molecule has 1 rings (SSSR count). The number of nitrogens with zero attached hydrogens (tertiary/aromatic N) is 2. The Morgan fingerprint density at radius 3 is 1.95 bits per heavy atom. The van der Waals surface area contributed by atoms with Crippen molar-refractivity contribution in [1.29, 1.82) is 0 Å². The molecule has 0 aliphatic heterocycles. The van der Waals surface area contributed by atoms with Crippen LogP contribution in [0, 0.1) is 0 Å². The molecule has 1 aromatic rings. The van der Waals surface area contributed by atoms with Gasteiger partial charge in [0.1, 0.15) is 0 Å². The van der Waals surface area contributed by atoms with Gasteiger partial charge >= 0.3 is 0 Å². The second kappa shape index (κ2) is 8.36. The van der Waals surface area contributed by atoms with E-state index >= 15 is 0 Å². The van der Waals surface area contributed by atoms with Gasteiger partial charge in [0.25, 0.3) is 10.2 Å². The monoisotopic (exact) mass is 313 g/mol. The Morgan fingerprint density at radius 2 is 1.52 bits per heavy atom. The number of benzene rings is 1. The number of nitrogens with one attached hydrogen (secondary N) is 1. The van der Waals surface area contributed by atoms with Gasteiger partial charge in [0.15, 0.2) is 0 Å². The molecular formula is C15H27N3O2S. The molecule has 21 heavy (non-hydrogen) atoms. The SMILES string of the molecule is CCCN(CCC)S(=O)(=O)NCc1ccc(N(C)C)cc1. The van der Waals surface area contributed by atoms with E-state index in [1.807, 2.05) is 57.1 Å². The van der Waals surface area contributed by atoms with E-state index in [0.717, 1.165) is 24.1 Å². The van der Waals surface area contributed by atoms with Gasteiger partial charge in [0.2, 0.25) is 0 Å². The molecule has 0 spiro atoms. The Balaban J connectivity index is 2.67. The number of rotatable bonds is 9. The Hall–Kier alpha value is -1.11. The fourth-order valence-corrected chi connectivity index (χ4v) is 3.41. The highest BCUT2D eigenvalue weighted by molar-refractivity contribution is 7.87. The minimum Gasteiger partial charge on any atom is -0.378 e. The van der Waals surface area contributed by atoms with Crippen LogP contribution in [0.5, 0.6) is 0 Å². The van der Waals surface area contributed by atoms with E-state index in [0.29, 0.717) is 19.6 Å². The number of hydrogen-bond acceptors (Lipinski definition) is 3. The maximum atomic E-state index is 12.3. The van der Waals surface area contributed by atoms with Crippen molar-refractivity contribution in [1.82, 2.24) is 9.03 Å². The van der Waals surface area contributed by atoms with E-state index in [1.54, 1.807) is 0 Å². The molecule has 0 fully saturated rings. The lowest BCUT2D eigenvalue weighted by atomic mass is 10.2. The lowest BCUT2D eigenvalue weighted by Gasteiger charge is -2.21. The largest absolute Gasteiger partial charge is 0.378 e. The van der Waals surface area contributed by atoms with Crippen molar-refractivity contribution in [3.63, 3.8) is 0 Å². The summed E-state index contributed by atoms with van der Waals surface area (Å²) in [7, 11) is 0.556.